The summed E-state index contributed by atoms with van der Waals surface area (Å²) < 4.78 is 247. The molecular formula is C20H18F18O3. The zero-order valence-electron chi connectivity index (χ0n) is 19.6. The molecule has 0 aromatic carbocycles. The second kappa shape index (κ2) is 10.2. The fourth-order valence-corrected chi connectivity index (χ4v) is 4.94. The van der Waals surface area contributed by atoms with E-state index in [0.29, 0.717) is 0 Å². The zero-order chi connectivity index (χ0) is 32.5. The van der Waals surface area contributed by atoms with Gasteiger partial charge in [0.1, 0.15) is 0 Å². The zero-order valence-corrected chi connectivity index (χ0v) is 19.6. The van der Waals surface area contributed by atoms with Crippen molar-refractivity contribution >= 4 is 0 Å². The van der Waals surface area contributed by atoms with Crippen molar-refractivity contribution in [2.45, 2.75) is 92.1 Å². The Bertz CT molecular complexity index is 869. The number of rotatable bonds is 8. The predicted octanol–water partition coefficient (Wildman–Crippen LogP) is 7.33. The first-order valence-electron chi connectivity index (χ1n) is 11.0. The van der Waals surface area contributed by atoms with Crippen LogP contribution >= 0.6 is 0 Å². The molecule has 41 heavy (non-hydrogen) atoms. The van der Waals surface area contributed by atoms with Gasteiger partial charge in [-0.15, -0.1) is 0 Å². The number of ether oxygens (including phenoxy) is 1. The van der Waals surface area contributed by atoms with Gasteiger partial charge in [0.05, 0.1) is 6.10 Å². The van der Waals surface area contributed by atoms with Crippen molar-refractivity contribution in [3.05, 3.63) is 12.2 Å². The van der Waals surface area contributed by atoms with E-state index in [-0.39, 0.29) is 6.42 Å². The molecule has 2 rings (SSSR count). The van der Waals surface area contributed by atoms with Gasteiger partial charge >= 0.3 is 37.1 Å². The number of alkyl halides is 18. The van der Waals surface area contributed by atoms with E-state index in [4.69, 9.17) is 0 Å². The summed E-state index contributed by atoms with van der Waals surface area (Å²) in [7, 11) is 0. The van der Waals surface area contributed by atoms with Crippen LogP contribution in [0.1, 0.15) is 32.1 Å². The summed E-state index contributed by atoms with van der Waals surface area (Å²) in [5.74, 6) is -6.21. The van der Waals surface area contributed by atoms with E-state index in [9.17, 15) is 89.2 Å². The van der Waals surface area contributed by atoms with Crippen LogP contribution in [0.3, 0.4) is 0 Å². The van der Waals surface area contributed by atoms with Crippen molar-refractivity contribution in [3.63, 3.8) is 0 Å². The molecule has 1 fully saturated rings. The third kappa shape index (κ3) is 6.35. The van der Waals surface area contributed by atoms with E-state index in [2.05, 4.69) is 4.74 Å². The maximum absolute atomic E-state index is 14.1. The van der Waals surface area contributed by atoms with Gasteiger partial charge in [-0.1, -0.05) is 12.2 Å². The highest BCUT2D eigenvalue weighted by atomic mass is 19.4. The van der Waals surface area contributed by atoms with E-state index in [1.807, 2.05) is 0 Å². The van der Waals surface area contributed by atoms with E-state index in [0.717, 1.165) is 6.08 Å². The predicted molar refractivity (Wildman–Crippen MR) is 96.5 cm³/mol. The van der Waals surface area contributed by atoms with Crippen LogP contribution < -0.4 is 0 Å². The SMILES string of the molecule is OC(CC(CC(O)(C(F)(F)F)C(F)(F)F)CC(OC1CC2C=CC1C2)(C(F)(F)F)C(F)(F)F)(C(F)(F)F)C(F)(F)F. The lowest BCUT2D eigenvalue weighted by Crippen LogP contribution is -2.64. The molecule has 2 aliphatic rings. The quantitative estimate of drug-likeness (QED) is 0.214. The lowest BCUT2D eigenvalue weighted by Gasteiger charge is -2.45. The van der Waals surface area contributed by atoms with Crippen LogP contribution in [0.15, 0.2) is 12.2 Å². The molecule has 0 aromatic heterocycles. The Morgan fingerprint density at radius 3 is 1.15 bits per heavy atom. The minimum atomic E-state index is -7.09. The van der Waals surface area contributed by atoms with Crippen molar-refractivity contribution in [3.8, 4) is 0 Å². The number of fused-ring (bicyclic) bond motifs is 2. The lowest BCUT2D eigenvalue weighted by atomic mass is 9.75. The van der Waals surface area contributed by atoms with Gasteiger partial charge in [-0.2, -0.15) is 79.0 Å². The summed E-state index contributed by atoms with van der Waals surface area (Å²) in [5.41, 5.74) is -18.8. The molecule has 242 valence electrons. The van der Waals surface area contributed by atoms with Gasteiger partial charge in [-0.3, -0.25) is 0 Å². The summed E-state index contributed by atoms with van der Waals surface area (Å²) in [6.45, 7) is 0. The molecule has 2 N–H and O–H groups in total. The van der Waals surface area contributed by atoms with E-state index in [1.165, 1.54) is 6.08 Å². The molecule has 0 aromatic rings. The van der Waals surface area contributed by atoms with Crippen LogP contribution in [-0.4, -0.2) is 70.2 Å². The Kier molecular flexibility index (Phi) is 8.87. The van der Waals surface area contributed by atoms with Crippen LogP contribution in [0, 0.1) is 17.8 Å². The van der Waals surface area contributed by atoms with Gasteiger partial charge in [0.2, 0.25) is 0 Å². The van der Waals surface area contributed by atoms with Gasteiger partial charge in [0.25, 0.3) is 16.8 Å². The van der Waals surface area contributed by atoms with Crippen molar-refractivity contribution in [1.29, 1.82) is 0 Å². The van der Waals surface area contributed by atoms with Crippen LogP contribution in [0.5, 0.6) is 0 Å². The Hall–Kier alpha value is -1.64. The third-order valence-corrected chi connectivity index (χ3v) is 7.11. The van der Waals surface area contributed by atoms with Gasteiger partial charge in [0.15, 0.2) is 0 Å². The van der Waals surface area contributed by atoms with Crippen molar-refractivity contribution < 1.29 is 94.0 Å². The fourth-order valence-electron chi connectivity index (χ4n) is 4.94. The Labute approximate surface area is 217 Å². The maximum atomic E-state index is 14.1. The molecule has 0 radical (unpaired) electrons. The first-order chi connectivity index (χ1) is 17.8. The fraction of sp³-hybridized carbons (Fsp3) is 0.900. The van der Waals surface area contributed by atoms with Crippen molar-refractivity contribution in [1.82, 2.24) is 0 Å². The molecular weight excluding hydrogens is 630 g/mol. The van der Waals surface area contributed by atoms with E-state index in [1.54, 1.807) is 0 Å². The molecule has 0 amide bonds. The lowest BCUT2D eigenvalue weighted by molar-refractivity contribution is -0.406. The van der Waals surface area contributed by atoms with Crippen LogP contribution in [-0.2, 0) is 4.74 Å². The van der Waals surface area contributed by atoms with Gasteiger partial charge < -0.3 is 14.9 Å². The average molecular weight is 648 g/mol. The van der Waals surface area contributed by atoms with Gasteiger partial charge in [-0.05, 0) is 43.9 Å². The minimum absolute atomic E-state index is 0.121. The normalized spacial score (nSPS) is 23.7. The summed E-state index contributed by atoms with van der Waals surface area (Å²) in [5, 5.41) is 18.6. The molecule has 0 aliphatic heterocycles. The standard InChI is InChI=1S/C20H18F18O3/c21-15(22,23)12(39,16(24,25)26)5-9(6-13(40,17(27,28)29)18(30,31)32)7-14(19(33,34)35,20(36,37)38)41-11-4-8-1-2-10(11)3-8/h1-2,8-11,39-40H,3-7H2. The highest BCUT2D eigenvalue weighted by molar-refractivity contribution is 5.13. The van der Waals surface area contributed by atoms with E-state index >= 15 is 0 Å². The van der Waals surface area contributed by atoms with Crippen LogP contribution in [0.2, 0.25) is 0 Å². The molecule has 0 heterocycles. The first kappa shape index (κ1) is 35.6. The highest BCUT2D eigenvalue weighted by Crippen LogP contribution is 2.58. The number of hydrogen-bond acceptors (Lipinski definition) is 3. The summed E-state index contributed by atoms with van der Waals surface area (Å²) in [4.78, 5) is 0. The highest BCUT2D eigenvalue weighted by Gasteiger charge is 2.78. The molecule has 3 atom stereocenters. The number of halogens is 18. The molecule has 0 spiro atoms. The number of allylic oxidation sites excluding steroid dienone is 1. The Balaban J connectivity index is 2.79. The second-order valence-electron chi connectivity index (χ2n) is 9.95. The van der Waals surface area contributed by atoms with Crippen molar-refractivity contribution in [2.24, 2.45) is 17.8 Å². The largest absolute Gasteiger partial charge is 0.426 e. The molecule has 2 bridgehead atoms. The molecule has 2 aliphatic carbocycles. The Morgan fingerprint density at radius 2 is 0.902 bits per heavy atom. The van der Waals surface area contributed by atoms with E-state index < -0.39 is 103 Å². The minimum Gasteiger partial charge on any atom is -0.374 e. The van der Waals surface area contributed by atoms with Crippen LogP contribution in [0.25, 0.3) is 0 Å². The molecule has 1 saturated carbocycles. The molecule has 3 nitrogen and oxygen atoms in total. The third-order valence-electron chi connectivity index (χ3n) is 7.11. The van der Waals surface area contributed by atoms with Crippen molar-refractivity contribution in [2.75, 3.05) is 0 Å². The summed E-state index contributed by atoms with van der Waals surface area (Å²) in [6.07, 6.45) is -53.4. The average Bonchev–Trinajstić information content (AvgIpc) is 3.31. The van der Waals surface area contributed by atoms with Crippen LogP contribution in [0.4, 0.5) is 79.0 Å². The molecule has 0 saturated heterocycles. The first-order valence-corrected chi connectivity index (χ1v) is 11.0. The second-order valence-corrected chi connectivity index (χ2v) is 9.95. The molecule has 21 heteroatoms. The smallest absolute Gasteiger partial charge is 0.374 e. The topological polar surface area (TPSA) is 49.7 Å². The number of aliphatic hydroxyl groups is 2. The molecule has 3 unspecified atom stereocenters. The summed E-state index contributed by atoms with van der Waals surface area (Å²) in [6, 6.07) is 0. The number of hydrogen-bond donors (Lipinski definition) is 2. The monoisotopic (exact) mass is 648 g/mol. The maximum Gasteiger partial charge on any atom is 0.426 e. The van der Waals surface area contributed by atoms with Gasteiger partial charge in [0, 0.05) is 5.92 Å². The Morgan fingerprint density at radius 1 is 0.537 bits per heavy atom. The summed E-state index contributed by atoms with van der Waals surface area (Å²) >= 11 is 0. The van der Waals surface area contributed by atoms with Gasteiger partial charge in [-0.25, -0.2) is 0 Å².